The van der Waals surface area contributed by atoms with E-state index in [9.17, 15) is 0 Å². The van der Waals surface area contributed by atoms with E-state index in [0.717, 1.165) is 50.7 Å². The van der Waals surface area contributed by atoms with Crippen LogP contribution in [0.25, 0.3) is 0 Å². The van der Waals surface area contributed by atoms with Gasteiger partial charge in [0.25, 0.3) is 0 Å². The molecule has 3 rings (SSSR count). The lowest BCUT2D eigenvalue weighted by Gasteiger charge is -2.24. The number of rotatable bonds is 7. The lowest BCUT2D eigenvalue weighted by atomic mass is 10.1. The second kappa shape index (κ2) is 8.41. The zero-order chi connectivity index (χ0) is 17.6. The Morgan fingerprint density at radius 2 is 1.80 bits per heavy atom. The van der Waals surface area contributed by atoms with Crippen molar-refractivity contribution < 1.29 is 14.2 Å². The Bertz CT molecular complexity index is 661. The molecule has 1 atom stereocenters. The number of nitrogens with zero attached hydrogens (tertiary/aromatic N) is 2. The molecule has 2 heterocycles. The maximum absolute atomic E-state index is 5.41. The van der Waals surface area contributed by atoms with Crippen LogP contribution in [0.1, 0.15) is 17.7 Å². The van der Waals surface area contributed by atoms with Crippen molar-refractivity contribution in [2.75, 3.05) is 34.5 Å². The average Bonchev–Trinajstić information content (AvgIpc) is 2.98. The molecule has 1 aliphatic rings. The molecule has 1 aliphatic heterocycles. The smallest absolute Gasteiger partial charge is 0.122 e. The standard InChI is InChI=1S/C20H28N2O3/c1-23-8-6-16-12-21(15-18-5-4-7-22(18)14-16)13-17-9-19(24-2)11-20(10-17)25-3/h4-5,7,9-11,16H,6,8,12-15H2,1-3H3/t16-/m1/s1. The van der Waals surface area contributed by atoms with E-state index >= 15 is 0 Å². The predicted octanol–water partition coefficient (Wildman–Crippen LogP) is 3.17. The molecule has 0 N–H and O–H groups in total. The number of hydrogen-bond donors (Lipinski definition) is 0. The first-order chi connectivity index (χ1) is 12.2. The van der Waals surface area contributed by atoms with E-state index in [4.69, 9.17) is 14.2 Å². The minimum absolute atomic E-state index is 0.584. The summed E-state index contributed by atoms with van der Waals surface area (Å²) in [5.74, 6) is 2.26. The molecule has 0 fully saturated rings. The summed E-state index contributed by atoms with van der Waals surface area (Å²) in [4.78, 5) is 2.51. The van der Waals surface area contributed by atoms with Crippen molar-refractivity contribution in [1.82, 2.24) is 9.47 Å². The van der Waals surface area contributed by atoms with Gasteiger partial charge in [0.1, 0.15) is 11.5 Å². The summed E-state index contributed by atoms with van der Waals surface area (Å²) in [6, 6.07) is 10.5. The fourth-order valence-electron chi connectivity index (χ4n) is 3.57. The molecule has 0 amide bonds. The van der Waals surface area contributed by atoms with Gasteiger partial charge in [0.05, 0.1) is 14.2 Å². The third-order valence-corrected chi connectivity index (χ3v) is 4.83. The Hall–Kier alpha value is -1.98. The maximum atomic E-state index is 5.41. The molecule has 5 heteroatoms. The highest BCUT2D eigenvalue weighted by atomic mass is 16.5. The van der Waals surface area contributed by atoms with E-state index in [0.29, 0.717) is 5.92 Å². The molecule has 0 aliphatic carbocycles. The van der Waals surface area contributed by atoms with Crippen molar-refractivity contribution in [3.63, 3.8) is 0 Å². The highest BCUT2D eigenvalue weighted by molar-refractivity contribution is 5.38. The first kappa shape index (κ1) is 17.8. The number of hydrogen-bond acceptors (Lipinski definition) is 4. The summed E-state index contributed by atoms with van der Waals surface area (Å²) in [6.45, 7) is 4.76. The van der Waals surface area contributed by atoms with Crippen LogP contribution >= 0.6 is 0 Å². The van der Waals surface area contributed by atoms with E-state index in [1.54, 1.807) is 21.3 Å². The third kappa shape index (κ3) is 4.55. The molecule has 0 radical (unpaired) electrons. The van der Waals surface area contributed by atoms with Crippen LogP contribution in [0, 0.1) is 5.92 Å². The van der Waals surface area contributed by atoms with Gasteiger partial charge in [-0.1, -0.05) is 0 Å². The number of aromatic nitrogens is 1. The zero-order valence-corrected chi connectivity index (χ0v) is 15.4. The Morgan fingerprint density at radius 1 is 1.04 bits per heavy atom. The topological polar surface area (TPSA) is 35.9 Å². The van der Waals surface area contributed by atoms with Crippen molar-refractivity contribution in [3.8, 4) is 11.5 Å². The summed E-state index contributed by atoms with van der Waals surface area (Å²) < 4.78 is 18.5. The maximum Gasteiger partial charge on any atom is 0.122 e. The van der Waals surface area contributed by atoms with Crippen molar-refractivity contribution in [2.45, 2.75) is 26.1 Å². The lowest BCUT2D eigenvalue weighted by molar-refractivity contribution is 0.151. The first-order valence-electron chi connectivity index (χ1n) is 8.79. The Balaban J connectivity index is 1.78. The molecule has 0 saturated heterocycles. The van der Waals surface area contributed by atoms with Gasteiger partial charge in [0, 0.05) is 57.9 Å². The minimum atomic E-state index is 0.584. The fraction of sp³-hybridized carbons (Fsp3) is 0.500. The summed E-state index contributed by atoms with van der Waals surface area (Å²) in [6.07, 6.45) is 3.26. The molecule has 2 aromatic rings. The molecule has 1 aromatic heterocycles. The van der Waals surface area contributed by atoms with Crippen LogP contribution in [-0.4, -0.2) is 43.9 Å². The summed E-state index contributed by atoms with van der Waals surface area (Å²) in [5.41, 5.74) is 2.58. The van der Waals surface area contributed by atoms with Gasteiger partial charge in [-0.15, -0.1) is 0 Å². The Labute approximate surface area is 150 Å². The number of benzene rings is 1. The molecule has 0 spiro atoms. The van der Waals surface area contributed by atoms with Crippen molar-refractivity contribution in [1.29, 1.82) is 0 Å². The number of fused-ring (bicyclic) bond motifs is 1. The predicted molar refractivity (Wildman–Crippen MR) is 98.1 cm³/mol. The summed E-state index contributed by atoms with van der Waals surface area (Å²) in [5, 5.41) is 0. The van der Waals surface area contributed by atoms with Crippen LogP contribution in [0.5, 0.6) is 11.5 Å². The van der Waals surface area contributed by atoms with Gasteiger partial charge in [-0.3, -0.25) is 4.90 Å². The second-order valence-corrected chi connectivity index (χ2v) is 6.69. The molecule has 5 nitrogen and oxygen atoms in total. The Kier molecular flexibility index (Phi) is 6.00. The molecule has 0 unspecified atom stereocenters. The second-order valence-electron chi connectivity index (χ2n) is 6.69. The molecule has 0 bridgehead atoms. The van der Waals surface area contributed by atoms with Crippen LogP contribution < -0.4 is 9.47 Å². The normalized spacial score (nSPS) is 17.8. The monoisotopic (exact) mass is 344 g/mol. The van der Waals surface area contributed by atoms with E-state index < -0.39 is 0 Å². The quantitative estimate of drug-likeness (QED) is 0.773. The van der Waals surface area contributed by atoms with Gasteiger partial charge in [-0.25, -0.2) is 0 Å². The summed E-state index contributed by atoms with van der Waals surface area (Å²) in [7, 11) is 5.16. The van der Waals surface area contributed by atoms with Crippen molar-refractivity contribution in [2.24, 2.45) is 5.92 Å². The van der Waals surface area contributed by atoms with Crippen molar-refractivity contribution >= 4 is 0 Å². The number of methoxy groups -OCH3 is 3. The van der Waals surface area contributed by atoms with Gasteiger partial charge < -0.3 is 18.8 Å². The van der Waals surface area contributed by atoms with Crippen molar-refractivity contribution in [3.05, 3.63) is 47.8 Å². The molecule has 1 aromatic carbocycles. The van der Waals surface area contributed by atoms with Crippen LogP contribution in [0.2, 0.25) is 0 Å². The van der Waals surface area contributed by atoms with Crippen LogP contribution in [0.3, 0.4) is 0 Å². The lowest BCUT2D eigenvalue weighted by Crippen LogP contribution is -2.28. The fourth-order valence-corrected chi connectivity index (χ4v) is 3.57. The molecule has 25 heavy (non-hydrogen) atoms. The summed E-state index contributed by atoms with van der Waals surface area (Å²) >= 11 is 0. The SMILES string of the molecule is COCC[C@@H]1CN(Cc2cc(OC)cc(OC)c2)Cc2cccn2C1. The van der Waals surface area contributed by atoms with E-state index in [1.165, 1.54) is 11.3 Å². The average molecular weight is 344 g/mol. The molecule has 0 saturated carbocycles. The van der Waals surface area contributed by atoms with Crippen LogP contribution in [0.4, 0.5) is 0 Å². The van der Waals surface area contributed by atoms with Gasteiger partial charge in [-0.05, 0) is 42.2 Å². The van der Waals surface area contributed by atoms with Gasteiger partial charge in [0.2, 0.25) is 0 Å². The van der Waals surface area contributed by atoms with E-state index in [-0.39, 0.29) is 0 Å². The van der Waals surface area contributed by atoms with E-state index in [2.05, 4.69) is 39.9 Å². The highest BCUT2D eigenvalue weighted by Crippen LogP contribution is 2.26. The zero-order valence-electron chi connectivity index (χ0n) is 15.4. The molecule has 136 valence electrons. The molecular formula is C20H28N2O3. The highest BCUT2D eigenvalue weighted by Gasteiger charge is 2.21. The molecular weight excluding hydrogens is 316 g/mol. The van der Waals surface area contributed by atoms with Gasteiger partial charge >= 0.3 is 0 Å². The van der Waals surface area contributed by atoms with Gasteiger partial charge in [0.15, 0.2) is 0 Å². The Morgan fingerprint density at radius 3 is 2.48 bits per heavy atom. The van der Waals surface area contributed by atoms with Gasteiger partial charge in [-0.2, -0.15) is 0 Å². The minimum Gasteiger partial charge on any atom is -0.497 e. The third-order valence-electron chi connectivity index (χ3n) is 4.83. The van der Waals surface area contributed by atoms with Crippen LogP contribution in [0.15, 0.2) is 36.5 Å². The van der Waals surface area contributed by atoms with Crippen LogP contribution in [-0.2, 0) is 24.4 Å². The van der Waals surface area contributed by atoms with E-state index in [1.807, 2.05) is 6.07 Å². The number of ether oxygens (including phenoxy) is 3. The first-order valence-corrected chi connectivity index (χ1v) is 8.79. The largest absolute Gasteiger partial charge is 0.497 e.